The molecular formula is C14H22N2S2. The van der Waals surface area contributed by atoms with Gasteiger partial charge in [-0.15, -0.1) is 11.3 Å². The van der Waals surface area contributed by atoms with Gasteiger partial charge in [-0.05, 0) is 30.7 Å². The number of aliphatic imine (C=N–C) groups is 1. The van der Waals surface area contributed by atoms with E-state index in [9.17, 15) is 0 Å². The topological polar surface area (TPSA) is 24.4 Å². The number of amidine groups is 1. The normalized spacial score (nSPS) is 21.8. The van der Waals surface area contributed by atoms with Crippen LogP contribution < -0.4 is 5.32 Å². The maximum atomic E-state index is 4.82. The molecule has 4 heteroatoms. The fourth-order valence-corrected chi connectivity index (χ4v) is 3.96. The molecule has 0 radical (unpaired) electrons. The van der Waals surface area contributed by atoms with Crippen LogP contribution in [0.3, 0.4) is 0 Å². The van der Waals surface area contributed by atoms with E-state index in [0.717, 1.165) is 11.6 Å². The smallest absolute Gasteiger partial charge is 0.157 e. The monoisotopic (exact) mass is 282 g/mol. The molecule has 0 bridgehead atoms. The van der Waals surface area contributed by atoms with Crippen LogP contribution in [0.2, 0.25) is 0 Å². The quantitative estimate of drug-likeness (QED) is 0.908. The van der Waals surface area contributed by atoms with Crippen molar-refractivity contribution in [2.24, 2.45) is 10.9 Å². The van der Waals surface area contributed by atoms with Gasteiger partial charge in [0.1, 0.15) is 0 Å². The number of thiophene rings is 1. The van der Waals surface area contributed by atoms with Crippen LogP contribution in [0.4, 0.5) is 0 Å². The third-order valence-electron chi connectivity index (χ3n) is 3.16. The van der Waals surface area contributed by atoms with E-state index >= 15 is 0 Å². The predicted octanol–water partition coefficient (Wildman–Crippen LogP) is 3.79. The number of nitrogens with one attached hydrogen (secondary N) is 1. The number of rotatable bonds is 4. The van der Waals surface area contributed by atoms with Crippen LogP contribution in [0, 0.1) is 5.92 Å². The van der Waals surface area contributed by atoms with Crippen molar-refractivity contribution in [3.05, 3.63) is 22.4 Å². The molecule has 0 aliphatic carbocycles. The third kappa shape index (κ3) is 4.02. The number of hydrogen-bond donors (Lipinski definition) is 1. The molecule has 2 atom stereocenters. The average molecular weight is 282 g/mol. The lowest BCUT2D eigenvalue weighted by Crippen LogP contribution is -2.35. The summed E-state index contributed by atoms with van der Waals surface area (Å²) in [5.41, 5.74) is 0. The van der Waals surface area contributed by atoms with E-state index in [0.29, 0.717) is 18.0 Å². The fourth-order valence-electron chi connectivity index (χ4n) is 2.08. The molecule has 0 saturated heterocycles. The molecule has 1 aromatic heterocycles. The van der Waals surface area contributed by atoms with Crippen molar-refractivity contribution in [2.45, 2.75) is 45.7 Å². The van der Waals surface area contributed by atoms with Crippen LogP contribution >= 0.6 is 23.1 Å². The molecule has 0 spiro atoms. The third-order valence-corrected chi connectivity index (χ3v) is 5.00. The Labute approximate surface area is 118 Å². The van der Waals surface area contributed by atoms with Crippen LogP contribution in [-0.2, 0) is 6.42 Å². The Morgan fingerprint density at radius 2 is 2.28 bits per heavy atom. The first-order valence-corrected chi connectivity index (χ1v) is 8.51. The number of thioether (sulfide) groups is 1. The second kappa shape index (κ2) is 6.62. The van der Waals surface area contributed by atoms with E-state index in [1.807, 2.05) is 23.1 Å². The molecule has 1 aliphatic heterocycles. The highest BCUT2D eigenvalue weighted by Gasteiger charge is 2.19. The Morgan fingerprint density at radius 3 is 2.94 bits per heavy atom. The summed E-state index contributed by atoms with van der Waals surface area (Å²) in [6.07, 6.45) is 2.30. The summed E-state index contributed by atoms with van der Waals surface area (Å²) in [4.78, 5) is 6.26. The molecule has 2 rings (SSSR count). The lowest BCUT2D eigenvalue weighted by molar-refractivity contribution is 0.481. The summed E-state index contributed by atoms with van der Waals surface area (Å²) in [7, 11) is 0. The summed E-state index contributed by atoms with van der Waals surface area (Å²) in [5.74, 6) is 1.84. The van der Waals surface area contributed by atoms with Gasteiger partial charge in [0.2, 0.25) is 0 Å². The Morgan fingerprint density at radius 1 is 1.44 bits per heavy atom. The van der Waals surface area contributed by atoms with E-state index in [-0.39, 0.29) is 0 Å². The van der Waals surface area contributed by atoms with Crippen molar-refractivity contribution < 1.29 is 0 Å². The second-order valence-corrected chi connectivity index (χ2v) is 7.33. The lowest BCUT2D eigenvalue weighted by Gasteiger charge is -2.25. The predicted molar refractivity (Wildman–Crippen MR) is 83.8 cm³/mol. The van der Waals surface area contributed by atoms with Gasteiger partial charge in [-0.25, -0.2) is 0 Å². The van der Waals surface area contributed by atoms with Gasteiger partial charge in [0.05, 0.1) is 6.04 Å². The molecule has 0 amide bonds. The van der Waals surface area contributed by atoms with Gasteiger partial charge in [0.15, 0.2) is 5.17 Å². The van der Waals surface area contributed by atoms with Gasteiger partial charge in [0, 0.05) is 23.1 Å². The SMILES string of the molecule is CC(Cc1cccs1)NC1=NC(C(C)C)CCS1. The molecule has 2 heterocycles. The van der Waals surface area contributed by atoms with Crippen molar-refractivity contribution in [2.75, 3.05) is 5.75 Å². The van der Waals surface area contributed by atoms with Crippen LogP contribution in [-0.4, -0.2) is 23.0 Å². The lowest BCUT2D eigenvalue weighted by atomic mass is 10.0. The van der Waals surface area contributed by atoms with E-state index in [1.165, 1.54) is 17.1 Å². The van der Waals surface area contributed by atoms with Crippen molar-refractivity contribution >= 4 is 28.3 Å². The summed E-state index contributed by atoms with van der Waals surface area (Å²) < 4.78 is 0. The van der Waals surface area contributed by atoms with Crippen molar-refractivity contribution in [1.29, 1.82) is 0 Å². The second-order valence-electron chi connectivity index (χ2n) is 5.21. The summed E-state index contributed by atoms with van der Waals surface area (Å²) in [6.45, 7) is 6.76. The van der Waals surface area contributed by atoms with Gasteiger partial charge in [-0.3, -0.25) is 4.99 Å². The molecule has 2 nitrogen and oxygen atoms in total. The molecule has 2 unspecified atom stereocenters. The molecule has 0 saturated carbocycles. The molecule has 1 N–H and O–H groups in total. The molecule has 1 aliphatic rings. The Bertz CT molecular complexity index is 385. The first-order valence-electron chi connectivity index (χ1n) is 6.64. The van der Waals surface area contributed by atoms with Crippen LogP contribution in [0.1, 0.15) is 32.1 Å². The first kappa shape index (κ1) is 13.9. The van der Waals surface area contributed by atoms with Gasteiger partial charge in [-0.2, -0.15) is 0 Å². The minimum atomic E-state index is 0.459. The zero-order valence-electron chi connectivity index (χ0n) is 11.3. The Balaban J connectivity index is 1.88. The van der Waals surface area contributed by atoms with Crippen LogP contribution in [0.5, 0.6) is 0 Å². The molecular weight excluding hydrogens is 260 g/mol. The minimum absolute atomic E-state index is 0.459. The maximum Gasteiger partial charge on any atom is 0.157 e. The molecule has 100 valence electrons. The van der Waals surface area contributed by atoms with E-state index < -0.39 is 0 Å². The zero-order chi connectivity index (χ0) is 13.0. The van der Waals surface area contributed by atoms with E-state index in [4.69, 9.17) is 4.99 Å². The van der Waals surface area contributed by atoms with Gasteiger partial charge < -0.3 is 5.32 Å². The zero-order valence-corrected chi connectivity index (χ0v) is 13.0. The first-order chi connectivity index (χ1) is 8.65. The standard InChI is InChI=1S/C14H22N2S2/c1-10(2)13-6-8-18-14(16-13)15-11(3)9-12-5-4-7-17-12/h4-5,7,10-11,13H,6,8-9H2,1-3H3,(H,15,16). The fraction of sp³-hybridized carbons (Fsp3) is 0.643. The highest BCUT2D eigenvalue weighted by atomic mass is 32.2. The van der Waals surface area contributed by atoms with Gasteiger partial charge in [0.25, 0.3) is 0 Å². The summed E-state index contributed by atoms with van der Waals surface area (Å²) in [6, 6.07) is 5.28. The number of hydrogen-bond acceptors (Lipinski definition) is 4. The Kier molecular flexibility index (Phi) is 5.13. The Hall–Kier alpha value is -0.480. The summed E-state index contributed by atoms with van der Waals surface area (Å²) in [5, 5.41) is 6.85. The molecule has 1 aromatic rings. The van der Waals surface area contributed by atoms with Crippen LogP contribution in [0.25, 0.3) is 0 Å². The number of nitrogens with zero attached hydrogens (tertiary/aromatic N) is 1. The molecule has 0 aromatic carbocycles. The highest BCUT2D eigenvalue weighted by molar-refractivity contribution is 8.13. The minimum Gasteiger partial charge on any atom is -0.362 e. The summed E-state index contributed by atoms with van der Waals surface area (Å²) >= 11 is 3.70. The van der Waals surface area contributed by atoms with Crippen molar-refractivity contribution in [3.8, 4) is 0 Å². The van der Waals surface area contributed by atoms with E-state index in [2.05, 4.69) is 43.6 Å². The van der Waals surface area contributed by atoms with Crippen molar-refractivity contribution in [1.82, 2.24) is 5.32 Å². The maximum absolute atomic E-state index is 4.82. The van der Waals surface area contributed by atoms with Gasteiger partial charge >= 0.3 is 0 Å². The largest absolute Gasteiger partial charge is 0.362 e. The van der Waals surface area contributed by atoms with Crippen molar-refractivity contribution in [3.63, 3.8) is 0 Å². The molecule has 18 heavy (non-hydrogen) atoms. The van der Waals surface area contributed by atoms with Crippen LogP contribution in [0.15, 0.2) is 22.5 Å². The molecule has 0 fully saturated rings. The highest BCUT2D eigenvalue weighted by Crippen LogP contribution is 2.22. The van der Waals surface area contributed by atoms with Gasteiger partial charge in [-0.1, -0.05) is 31.7 Å². The average Bonchev–Trinajstić information content (AvgIpc) is 2.82. The van der Waals surface area contributed by atoms with E-state index in [1.54, 1.807) is 0 Å².